The lowest BCUT2D eigenvalue weighted by Gasteiger charge is -2.29. The molecule has 1 atom stereocenters. The predicted molar refractivity (Wildman–Crippen MR) is 145 cm³/mol. The van der Waals surface area contributed by atoms with Crippen molar-refractivity contribution in [2.24, 2.45) is 0 Å². The number of carbonyl (C=O) groups is 2. The first-order chi connectivity index (χ1) is 16.9. The summed E-state index contributed by atoms with van der Waals surface area (Å²) in [6.07, 6.45) is 1.32. The highest BCUT2D eigenvalue weighted by Gasteiger charge is 2.26. The number of hydrogen-bond acceptors (Lipinski definition) is 5. The molecule has 2 aromatic rings. The fraction of sp³-hybridized carbons (Fsp3) is 0.417. The van der Waals surface area contributed by atoms with Gasteiger partial charge in [0.2, 0.25) is 21.8 Å². The van der Waals surface area contributed by atoms with Gasteiger partial charge < -0.3 is 15.0 Å². The third-order valence-corrected chi connectivity index (χ3v) is 7.66. The summed E-state index contributed by atoms with van der Waals surface area (Å²) in [6.45, 7) is 4.04. The molecule has 0 bridgehead atoms. The average molecular weight is 579 g/mol. The Kier molecular flexibility index (Phi) is 11.2. The zero-order valence-corrected chi connectivity index (χ0v) is 23.6. The maximum absolute atomic E-state index is 13.2. The van der Waals surface area contributed by atoms with E-state index in [1.165, 1.54) is 22.4 Å². The van der Waals surface area contributed by atoms with Gasteiger partial charge in [0.1, 0.15) is 11.8 Å². The van der Waals surface area contributed by atoms with Crippen molar-refractivity contribution in [1.29, 1.82) is 0 Å². The predicted octanol–water partition coefficient (Wildman–Crippen LogP) is 4.76. The van der Waals surface area contributed by atoms with Crippen molar-refractivity contribution >= 4 is 62.3 Å². The van der Waals surface area contributed by atoms with Gasteiger partial charge in [0.15, 0.2) is 0 Å². The number of carbonyl (C=O) groups excluding carboxylic acids is 2. The van der Waals surface area contributed by atoms with Crippen LogP contribution in [0.25, 0.3) is 0 Å². The molecule has 2 rings (SSSR count). The molecular formula is C24H30Cl3N3O5S. The number of amides is 2. The van der Waals surface area contributed by atoms with Crippen molar-refractivity contribution in [2.45, 2.75) is 39.3 Å². The number of anilines is 1. The van der Waals surface area contributed by atoms with Crippen molar-refractivity contribution in [3.8, 4) is 5.75 Å². The summed E-state index contributed by atoms with van der Waals surface area (Å²) in [5.74, 6) is -0.182. The number of rotatable bonds is 12. The largest absolute Gasteiger partial charge is 0.495 e. The summed E-state index contributed by atoms with van der Waals surface area (Å²) in [6, 6.07) is 8.92. The van der Waals surface area contributed by atoms with Crippen molar-refractivity contribution < 1.29 is 22.7 Å². The Morgan fingerprint density at radius 1 is 1.06 bits per heavy atom. The summed E-state index contributed by atoms with van der Waals surface area (Å²) in [4.78, 5) is 27.2. The van der Waals surface area contributed by atoms with E-state index in [2.05, 4.69) is 5.32 Å². The molecular weight excluding hydrogens is 549 g/mol. The molecule has 0 heterocycles. The van der Waals surface area contributed by atoms with Crippen molar-refractivity contribution in [2.75, 3.05) is 30.8 Å². The van der Waals surface area contributed by atoms with Crippen molar-refractivity contribution in [3.05, 3.63) is 57.0 Å². The highest BCUT2D eigenvalue weighted by Crippen LogP contribution is 2.30. The van der Waals surface area contributed by atoms with Crippen LogP contribution in [0.4, 0.5) is 5.69 Å². The monoisotopic (exact) mass is 577 g/mol. The van der Waals surface area contributed by atoms with Gasteiger partial charge >= 0.3 is 0 Å². The molecule has 36 heavy (non-hydrogen) atoms. The molecule has 0 saturated heterocycles. The number of halogens is 3. The fourth-order valence-corrected chi connectivity index (χ4v) is 5.08. The van der Waals surface area contributed by atoms with E-state index in [1.54, 1.807) is 44.2 Å². The molecule has 12 heteroatoms. The molecule has 2 amide bonds. The summed E-state index contributed by atoms with van der Waals surface area (Å²) in [5.41, 5.74) is 1.07. The maximum Gasteiger partial charge on any atom is 0.242 e. The van der Waals surface area contributed by atoms with Gasteiger partial charge in [-0.25, -0.2) is 8.42 Å². The van der Waals surface area contributed by atoms with E-state index in [0.29, 0.717) is 33.6 Å². The first-order valence-corrected chi connectivity index (χ1v) is 14.2. The zero-order valence-electron chi connectivity index (χ0n) is 20.6. The van der Waals surface area contributed by atoms with E-state index in [1.807, 2.05) is 0 Å². The molecule has 0 fully saturated rings. The maximum atomic E-state index is 13.2. The highest BCUT2D eigenvalue weighted by molar-refractivity contribution is 7.92. The van der Waals surface area contributed by atoms with Crippen LogP contribution in [0.5, 0.6) is 5.75 Å². The van der Waals surface area contributed by atoms with Crippen LogP contribution in [0.15, 0.2) is 36.4 Å². The molecule has 0 spiro atoms. The molecule has 1 N–H and O–H groups in total. The van der Waals surface area contributed by atoms with Crippen LogP contribution in [-0.2, 0) is 26.2 Å². The fourth-order valence-electron chi connectivity index (χ4n) is 3.55. The zero-order chi connectivity index (χ0) is 27.0. The van der Waals surface area contributed by atoms with Crippen molar-refractivity contribution in [1.82, 2.24) is 10.2 Å². The number of sulfonamides is 1. The minimum Gasteiger partial charge on any atom is -0.495 e. The lowest BCUT2D eigenvalue weighted by atomic mass is 10.1. The van der Waals surface area contributed by atoms with Crippen LogP contribution in [-0.4, -0.2) is 57.6 Å². The smallest absolute Gasteiger partial charge is 0.242 e. The van der Waals surface area contributed by atoms with Gasteiger partial charge in [0.25, 0.3) is 0 Å². The molecule has 8 nitrogen and oxygen atoms in total. The Labute approximate surface area is 227 Å². The minimum atomic E-state index is -3.65. The second kappa shape index (κ2) is 13.4. The van der Waals surface area contributed by atoms with E-state index in [-0.39, 0.29) is 42.8 Å². The Hall–Kier alpha value is -2.20. The first-order valence-electron chi connectivity index (χ1n) is 11.2. The topological polar surface area (TPSA) is 96.0 Å². The van der Waals surface area contributed by atoms with Gasteiger partial charge in [-0.2, -0.15) is 0 Å². The quantitative estimate of drug-likeness (QED) is 0.392. The number of nitrogens with one attached hydrogen (secondary N) is 1. The Morgan fingerprint density at radius 2 is 1.75 bits per heavy atom. The summed E-state index contributed by atoms with van der Waals surface area (Å²) in [7, 11) is -2.18. The van der Waals surface area contributed by atoms with Crippen LogP contribution in [0.2, 0.25) is 15.1 Å². The SMILES string of the molecule is CCNC(=O)[C@H](C)N(Cc1ccc(Cl)c(Cl)c1)C(=O)CCCN(c1ccc(OC)c(Cl)c1)S(C)(=O)=O. The molecule has 0 aromatic heterocycles. The standard InChI is InChI=1S/C24H30Cl3N3O5S/c1-5-28-24(32)16(2)29(15-17-8-10-19(25)20(26)13-17)23(31)7-6-12-30(36(4,33)34)18-9-11-22(35-3)21(27)14-18/h8-11,13-14,16H,5-7,12,15H2,1-4H3,(H,28,32)/t16-/m0/s1. The second-order valence-electron chi connectivity index (χ2n) is 8.10. The number of likely N-dealkylation sites (N-methyl/N-ethyl adjacent to an activating group) is 1. The van der Waals surface area contributed by atoms with E-state index < -0.39 is 16.1 Å². The number of hydrogen-bond donors (Lipinski definition) is 1. The second-order valence-corrected chi connectivity index (χ2v) is 11.2. The Bertz CT molecular complexity index is 1190. The van der Waals surface area contributed by atoms with Gasteiger partial charge in [-0.3, -0.25) is 13.9 Å². The Morgan fingerprint density at radius 3 is 2.31 bits per heavy atom. The molecule has 198 valence electrons. The highest BCUT2D eigenvalue weighted by atomic mass is 35.5. The third-order valence-electron chi connectivity index (χ3n) is 5.43. The van der Waals surface area contributed by atoms with E-state index in [9.17, 15) is 18.0 Å². The van der Waals surface area contributed by atoms with Gasteiger partial charge in [-0.1, -0.05) is 40.9 Å². The van der Waals surface area contributed by atoms with Gasteiger partial charge in [-0.15, -0.1) is 0 Å². The van der Waals surface area contributed by atoms with Crippen LogP contribution in [0, 0.1) is 0 Å². The van der Waals surface area contributed by atoms with Crippen LogP contribution in [0.1, 0.15) is 32.3 Å². The van der Waals surface area contributed by atoms with Crippen LogP contribution in [0.3, 0.4) is 0 Å². The molecule has 2 aromatic carbocycles. The molecule has 0 radical (unpaired) electrons. The van der Waals surface area contributed by atoms with E-state index >= 15 is 0 Å². The van der Waals surface area contributed by atoms with E-state index in [0.717, 1.165) is 6.26 Å². The summed E-state index contributed by atoms with van der Waals surface area (Å²) < 4.78 is 31.2. The third kappa shape index (κ3) is 8.16. The van der Waals surface area contributed by atoms with Gasteiger partial charge in [0.05, 0.1) is 34.1 Å². The normalized spacial score (nSPS) is 12.1. The average Bonchev–Trinajstić information content (AvgIpc) is 2.81. The Balaban J connectivity index is 2.20. The lowest BCUT2D eigenvalue weighted by molar-refractivity contribution is -0.140. The minimum absolute atomic E-state index is 0.0149. The van der Waals surface area contributed by atoms with Gasteiger partial charge in [0, 0.05) is 26.1 Å². The molecule has 0 aliphatic heterocycles. The molecule has 0 aliphatic carbocycles. The summed E-state index contributed by atoms with van der Waals surface area (Å²) >= 11 is 18.3. The number of ether oxygens (including phenoxy) is 1. The number of benzene rings is 2. The number of methoxy groups -OCH3 is 1. The van der Waals surface area contributed by atoms with Crippen LogP contribution >= 0.6 is 34.8 Å². The first kappa shape index (κ1) is 30.0. The summed E-state index contributed by atoms with van der Waals surface area (Å²) in [5, 5.41) is 3.72. The molecule has 0 unspecified atom stereocenters. The number of nitrogens with zero attached hydrogens (tertiary/aromatic N) is 2. The molecule has 0 saturated carbocycles. The van der Waals surface area contributed by atoms with E-state index in [4.69, 9.17) is 39.5 Å². The van der Waals surface area contributed by atoms with Crippen molar-refractivity contribution in [3.63, 3.8) is 0 Å². The van der Waals surface area contributed by atoms with Crippen LogP contribution < -0.4 is 14.4 Å². The lowest BCUT2D eigenvalue weighted by Crippen LogP contribution is -2.47. The molecule has 0 aliphatic rings. The van der Waals surface area contributed by atoms with Gasteiger partial charge in [-0.05, 0) is 56.2 Å².